The van der Waals surface area contributed by atoms with E-state index in [4.69, 9.17) is 10.6 Å². The zero-order chi connectivity index (χ0) is 13.7. The van der Waals surface area contributed by atoms with E-state index in [1.807, 2.05) is 6.92 Å². The van der Waals surface area contributed by atoms with Crippen molar-refractivity contribution in [3.05, 3.63) is 34.9 Å². The van der Waals surface area contributed by atoms with Crippen LogP contribution in [0.15, 0.2) is 12.1 Å². The first kappa shape index (κ1) is 15.0. The third-order valence-corrected chi connectivity index (χ3v) is 3.07. The van der Waals surface area contributed by atoms with Gasteiger partial charge in [0.15, 0.2) is 11.6 Å². The molecule has 0 fully saturated rings. The summed E-state index contributed by atoms with van der Waals surface area (Å²) in [5.41, 5.74) is 2.98. The molecule has 0 heterocycles. The summed E-state index contributed by atoms with van der Waals surface area (Å²) in [6.07, 6.45) is 1.28. The fourth-order valence-corrected chi connectivity index (χ4v) is 2.00. The van der Waals surface area contributed by atoms with E-state index in [1.165, 1.54) is 20.1 Å². The van der Waals surface area contributed by atoms with E-state index >= 15 is 0 Å². The van der Waals surface area contributed by atoms with Gasteiger partial charge in [-0.15, -0.1) is 0 Å². The molecule has 3 N–H and O–H groups in total. The third kappa shape index (κ3) is 3.04. The van der Waals surface area contributed by atoms with Crippen LogP contribution in [0, 0.1) is 18.6 Å². The van der Waals surface area contributed by atoms with Gasteiger partial charge in [0.05, 0.1) is 12.1 Å². The van der Waals surface area contributed by atoms with Crippen molar-refractivity contribution in [2.24, 2.45) is 5.84 Å². The van der Waals surface area contributed by atoms with Crippen molar-refractivity contribution in [3.8, 4) is 0 Å². The van der Waals surface area contributed by atoms with Gasteiger partial charge in [0.25, 0.3) is 0 Å². The molecule has 0 aromatic heterocycles. The number of hydrazine groups is 1. The van der Waals surface area contributed by atoms with Gasteiger partial charge in [-0.3, -0.25) is 11.3 Å². The summed E-state index contributed by atoms with van der Waals surface area (Å²) < 4.78 is 32.8. The Labute approximate surface area is 106 Å². The van der Waals surface area contributed by atoms with Gasteiger partial charge in [-0.05, 0) is 18.9 Å². The Morgan fingerprint density at radius 3 is 2.50 bits per heavy atom. The minimum atomic E-state index is -0.865. The summed E-state index contributed by atoms with van der Waals surface area (Å²) >= 11 is 0. The smallest absolute Gasteiger partial charge is 0.164 e. The van der Waals surface area contributed by atoms with E-state index in [2.05, 4.69) is 5.43 Å². The van der Waals surface area contributed by atoms with Crippen LogP contribution in [0.5, 0.6) is 0 Å². The van der Waals surface area contributed by atoms with Crippen molar-refractivity contribution in [2.75, 3.05) is 7.11 Å². The Bertz CT molecular complexity index is 399. The molecule has 102 valence electrons. The molecule has 2 unspecified atom stereocenters. The average Bonchev–Trinajstić information content (AvgIpc) is 2.38. The summed E-state index contributed by atoms with van der Waals surface area (Å²) in [7, 11) is 1.53. The number of nitrogens with two attached hydrogens (primary N) is 1. The van der Waals surface area contributed by atoms with Crippen molar-refractivity contribution in [1.29, 1.82) is 0 Å². The first-order valence-electron chi connectivity index (χ1n) is 6.00. The number of hydrogen-bond acceptors (Lipinski definition) is 3. The molecule has 0 spiro atoms. The zero-order valence-electron chi connectivity index (χ0n) is 11.0. The molecule has 0 amide bonds. The van der Waals surface area contributed by atoms with Gasteiger partial charge in [0.1, 0.15) is 0 Å². The lowest BCUT2D eigenvalue weighted by Crippen LogP contribution is -2.38. The van der Waals surface area contributed by atoms with Crippen LogP contribution >= 0.6 is 0 Å². The van der Waals surface area contributed by atoms with Crippen molar-refractivity contribution in [3.63, 3.8) is 0 Å². The molecule has 0 saturated carbocycles. The van der Waals surface area contributed by atoms with Crippen LogP contribution in [0.1, 0.15) is 36.9 Å². The average molecular weight is 258 g/mol. The van der Waals surface area contributed by atoms with E-state index in [9.17, 15) is 8.78 Å². The molecule has 0 radical (unpaired) electrons. The van der Waals surface area contributed by atoms with Crippen LogP contribution in [-0.2, 0) is 4.74 Å². The largest absolute Gasteiger partial charge is 0.379 e. The molecule has 0 saturated heterocycles. The molecule has 1 rings (SSSR count). The normalized spacial score (nSPS) is 14.6. The predicted molar refractivity (Wildman–Crippen MR) is 66.9 cm³/mol. The van der Waals surface area contributed by atoms with Crippen LogP contribution in [0.4, 0.5) is 8.78 Å². The standard InChI is InChI=1S/C13H20F2N2O/c1-4-5-10(18-3)13(17-16)9-7-6-8(2)11(14)12(9)15/h6-7,10,13,17H,4-5,16H2,1-3H3. The lowest BCUT2D eigenvalue weighted by molar-refractivity contribution is 0.0592. The number of nitrogens with one attached hydrogen (secondary N) is 1. The molecule has 0 aliphatic carbocycles. The highest BCUT2D eigenvalue weighted by molar-refractivity contribution is 5.28. The first-order chi connectivity index (χ1) is 8.56. The van der Waals surface area contributed by atoms with Crippen molar-refractivity contribution in [1.82, 2.24) is 5.43 Å². The molecular weight excluding hydrogens is 238 g/mol. The fourth-order valence-electron chi connectivity index (χ4n) is 2.00. The molecule has 1 aromatic carbocycles. The third-order valence-electron chi connectivity index (χ3n) is 3.07. The van der Waals surface area contributed by atoms with Gasteiger partial charge in [-0.1, -0.05) is 25.5 Å². The Morgan fingerprint density at radius 1 is 1.33 bits per heavy atom. The Morgan fingerprint density at radius 2 is 2.00 bits per heavy atom. The summed E-state index contributed by atoms with van der Waals surface area (Å²) in [6, 6.07) is 2.52. The van der Waals surface area contributed by atoms with Gasteiger partial charge in [-0.2, -0.15) is 0 Å². The van der Waals surface area contributed by atoms with Gasteiger partial charge in [-0.25, -0.2) is 8.78 Å². The second-order valence-electron chi connectivity index (χ2n) is 4.31. The van der Waals surface area contributed by atoms with Crippen molar-refractivity contribution >= 4 is 0 Å². The SMILES string of the molecule is CCCC(OC)C(NN)c1ccc(C)c(F)c1F. The molecule has 1 aromatic rings. The quantitative estimate of drug-likeness (QED) is 0.609. The van der Waals surface area contributed by atoms with E-state index in [0.717, 1.165) is 6.42 Å². The lowest BCUT2D eigenvalue weighted by atomic mass is 9.97. The topological polar surface area (TPSA) is 47.3 Å². The maximum absolute atomic E-state index is 13.9. The number of ether oxygens (including phenoxy) is 1. The Kier molecular flexibility index (Phi) is 5.65. The number of methoxy groups -OCH3 is 1. The Balaban J connectivity index is 3.12. The highest BCUT2D eigenvalue weighted by Gasteiger charge is 2.26. The van der Waals surface area contributed by atoms with Crippen LogP contribution in [0.2, 0.25) is 0 Å². The Hall–Kier alpha value is -1.04. The van der Waals surface area contributed by atoms with Gasteiger partial charge in [0, 0.05) is 12.7 Å². The van der Waals surface area contributed by atoms with E-state index in [0.29, 0.717) is 6.42 Å². The fraction of sp³-hybridized carbons (Fsp3) is 0.538. The summed E-state index contributed by atoms with van der Waals surface area (Å²) in [4.78, 5) is 0. The highest BCUT2D eigenvalue weighted by atomic mass is 19.2. The second kappa shape index (κ2) is 6.78. The second-order valence-corrected chi connectivity index (χ2v) is 4.31. The molecule has 0 aliphatic rings. The molecule has 3 nitrogen and oxygen atoms in total. The minimum Gasteiger partial charge on any atom is -0.379 e. The summed E-state index contributed by atoms with van der Waals surface area (Å²) in [6.45, 7) is 3.51. The van der Waals surface area contributed by atoms with Crippen molar-refractivity contribution in [2.45, 2.75) is 38.8 Å². The zero-order valence-corrected chi connectivity index (χ0v) is 11.0. The number of benzene rings is 1. The summed E-state index contributed by atoms with van der Waals surface area (Å²) in [5.74, 6) is 3.75. The van der Waals surface area contributed by atoms with Crippen LogP contribution in [-0.4, -0.2) is 13.2 Å². The maximum Gasteiger partial charge on any atom is 0.164 e. The molecule has 0 bridgehead atoms. The number of halogens is 2. The number of rotatable bonds is 6. The van der Waals surface area contributed by atoms with Crippen LogP contribution < -0.4 is 11.3 Å². The van der Waals surface area contributed by atoms with E-state index in [1.54, 1.807) is 6.07 Å². The number of hydrogen-bond donors (Lipinski definition) is 2. The molecular formula is C13H20F2N2O. The van der Waals surface area contributed by atoms with Gasteiger partial charge < -0.3 is 4.74 Å². The van der Waals surface area contributed by atoms with Crippen molar-refractivity contribution < 1.29 is 13.5 Å². The minimum absolute atomic E-state index is 0.195. The van der Waals surface area contributed by atoms with E-state index < -0.39 is 17.7 Å². The predicted octanol–water partition coefficient (Wildman–Crippen LogP) is 2.59. The monoisotopic (exact) mass is 258 g/mol. The lowest BCUT2D eigenvalue weighted by Gasteiger charge is -2.26. The number of aryl methyl sites for hydroxylation is 1. The van der Waals surface area contributed by atoms with Crippen LogP contribution in [0.25, 0.3) is 0 Å². The molecule has 2 atom stereocenters. The first-order valence-corrected chi connectivity index (χ1v) is 6.00. The van der Waals surface area contributed by atoms with Gasteiger partial charge >= 0.3 is 0 Å². The molecule has 0 aliphatic heterocycles. The van der Waals surface area contributed by atoms with Crippen LogP contribution in [0.3, 0.4) is 0 Å². The maximum atomic E-state index is 13.9. The highest BCUT2D eigenvalue weighted by Crippen LogP contribution is 2.26. The molecule has 18 heavy (non-hydrogen) atoms. The summed E-state index contributed by atoms with van der Waals surface area (Å²) in [5, 5.41) is 0. The molecule has 5 heteroatoms. The van der Waals surface area contributed by atoms with E-state index in [-0.39, 0.29) is 17.2 Å². The van der Waals surface area contributed by atoms with Gasteiger partial charge in [0.2, 0.25) is 0 Å².